The summed E-state index contributed by atoms with van der Waals surface area (Å²) in [6.07, 6.45) is 3.80. The molecule has 1 heterocycles. The smallest absolute Gasteiger partial charge is 0.345 e. The molecule has 1 fully saturated rings. The number of carbonyl (C=O) groups excluding carboxylic acids is 1. The first-order chi connectivity index (χ1) is 12.5. The van der Waals surface area contributed by atoms with Crippen molar-refractivity contribution in [3.8, 4) is 6.07 Å². The lowest BCUT2D eigenvalue weighted by atomic mass is 9.80. The molecule has 0 saturated heterocycles. The van der Waals surface area contributed by atoms with Crippen LogP contribution in [0, 0.1) is 17.2 Å². The lowest BCUT2D eigenvalue weighted by Crippen LogP contribution is -2.45. The molecule has 136 valence electrons. The Morgan fingerprint density at radius 3 is 2.42 bits per heavy atom. The summed E-state index contributed by atoms with van der Waals surface area (Å²) in [5.41, 5.74) is 6.23. The van der Waals surface area contributed by atoms with E-state index in [4.69, 9.17) is 27.4 Å². The first-order valence-corrected chi connectivity index (χ1v) is 8.97. The average molecular weight is 372 g/mol. The molecule has 7 heteroatoms. The van der Waals surface area contributed by atoms with Crippen molar-refractivity contribution in [1.29, 1.82) is 5.26 Å². The molecule has 0 aromatic heterocycles. The second-order valence-corrected chi connectivity index (χ2v) is 7.05. The third-order valence-electron chi connectivity index (χ3n) is 4.88. The molecule has 1 aliphatic heterocycles. The van der Waals surface area contributed by atoms with Crippen LogP contribution < -0.4 is 5.73 Å². The van der Waals surface area contributed by atoms with Gasteiger partial charge in [0.1, 0.15) is 11.5 Å². The summed E-state index contributed by atoms with van der Waals surface area (Å²) in [6, 6.07) is 10.9. The van der Waals surface area contributed by atoms with Crippen molar-refractivity contribution in [3.05, 3.63) is 47.4 Å². The number of aliphatic hydroxyl groups is 1. The Morgan fingerprint density at radius 2 is 1.88 bits per heavy atom. The van der Waals surface area contributed by atoms with Crippen LogP contribution in [0.25, 0.3) is 0 Å². The summed E-state index contributed by atoms with van der Waals surface area (Å²) in [4.78, 5) is 12.8. The van der Waals surface area contributed by atoms with Gasteiger partial charge in [0.25, 0.3) is 11.7 Å². The first-order valence-electron chi connectivity index (χ1n) is 8.57. The summed E-state index contributed by atoms with van der Waals surface area (Å²) in [7, 11) is 0. The number of nitrogens with two attached hydrogens (primary N) is 1. The Bertz CT molecular complexity index is 778. The molecule has 1 saturated carbocycles. The number of hydrogen-bond acceptors (Lipinski definition) is 6. The van der Waals surface area contributed by atoms with Gasteiger partial charge < -0.3 is 20.3 Å². The molecule has 1 spiro atoms. The highest BCUT2D eigenvalue weighted by Gasteiger charge is 2.48. The third-order valence-corrected chi connectivity index (χ3v) is 5.13. The first kappa shape index (κ1) is 18.2. The van der Waals surface area contributed by atoms with Gasteiger partial charge in [-0.15, -0.1) is 0 Å². The molecular formula is C19H20N2O4S. The van der Waals surface area contributed by atoms with Crippen LogP contribution in [0.15, 0.2) is 41.9 Å². The summed E-state index contributed by atoms with van der Waals surface area (Å²) >= 11 is 5.02. The van der Waals surface area contributed by atoms with Gasteiger partial charge in [-0.3, -0.25) is 0 Å². The van der Waals surface area contributed by atoms with Crippen molar-refractivity contribution in [2.45, 2.75) is 43.8 Å². The van der Waals surface area contributed by atoms with E-state index in [1.807, 2.05) is 12.1 Å². The molecule has 3 N–H and O–H groups in total. The zero-order valence-corrected chi connectivity index (χ0v) is 15.0. The Morgan fingerprint density at radius 1 is 1.23 bits per heavy atom. The lowest BCUT2D eigenvalue weighted by molar-refractivity contribution is -0.250. The zero-order chi connectivity index (χ0) is 18.7. The van der Waals surface area contributed by atoms with Gasteiger partial charge in [-0.1, -0.05) is 49.0 Å². The van der Waals surface area contributed by atoms with Crippen LogP contribution in [0.5, 0.6) is 0 Å². The molecular weight excluding hydrogens is 352 g/mol. The highest BCUT2D eigenvalue weighted by molar-refractivity contribution is 7.80. The Hall–Kier alpha value is -2.59. The fraction of sp³-hybridized carbons (Fsp3) is 0.421. The molecule has 3 rings (SSSR count). The minimum Gasteiger partial charge on any atom is -0.480 e. The van der Waals surface area contributed by atoms with Gasteiger partial charge in [0, 0.05) is 18.8 Å². The molecule has 0 radical (unpaired) electrons. The number of rotatable bonds is 4. The zero-order valence-electron chi connectivity index (χ0n) is 14.2. The van der Waals surface area contributed by atoms with Crippen LogP contribution in [0.1, 0.15) is 43.6 Å². The molecule has 0 bridgehead atoms. The molecule has 1 aromatic carbocycles. The summed E-state index contributed by atoms with van der Waals surface area (Å²) in [5, 5.41) is 20.1. The molecule has 1 aliphatic carbocycles. The van der Waals surface area contributed by atoms with Crippen LogP contribution in [-0.2, 0) is 14.3 Å². The molecule has 0 amide bonds. The van der Waals surface area contributed by atoms with Crippen LogP contribution in [0.4, 0.5) is 0 Å². The Kier molecular flexibility index (Phi) is 5.14. The van der Waals surface area contributed by atoms with E-state index in [-0.39, 0.29) is 10.6 Å². The lowest BCUT2D eigenvalue weighted by Gasteiger charge is -2.40. The summed E-state index contributed by atoms with van der Waals surface area (Å²) in [6.45, 7) is 0. The minimum atomic E-state index is -1.12. The summed E-state index contributed by atoms with van der Waals surface area (Å²) in [5.74, 6) is -4.17. The van der Waals surface area contributed by atoms with Gasteiger partial charge in [-0.25, -0.2) is 4.79 Å². The number of esters is 1. The number of hydrogen-bond donors (Lipinski definition) is 2. The van der Waals surface area contributed by atoms with Crippen molar-refractivity contribution < 1.29 is 19.4 Å². The van der Waals surface area contributed by atoms with Crippen LogP contribution in [-0.4, -0.2) is 21.9 Å². The standard InChI is InChI=1S/C19H20N2O4S/c20-11-13(16(21)26)14(12-7-3-1-4-8-12)15-17(22)24-19(25-18(15)23)9-5-2-6-10-19/h1,3-4,7-8,13-14,22H,2,5-6,9-10H2,(H2,21,26). The highest BCUT2D eigenvalue weighted by Crippen LogP contribution is 2.43. The van der Waals surface area contributed by atoms with Gasteiger partial charge >= 0.3 is 5.97 Å². The van der Waals surface area contributed by atoms with E-state index in [0.29, 0.717) is 18.4 Å². The number of carbonyl (C=O) groups is 1. The van der Waals surface area contributed by atoms with Gasteiger partial charge in [-0.2, -0.15) is 5.26 Å². The monoisotopic (exact) mass is 372 g/mol. The van der Waals surface area contributed by atoms with Crippen LogP contribution in [0.3, 0.4) is 0 Å². The maximum absolute atomic E-state index is 12.8. The van der Waals surface area contributed by atoms with Gasteiger partial charge in [-0.05, 0) is 18.4 Å². The maximum atomic E-state index is 12.8. The minimum absolute atomic E-state index is 0.0626. The van der Waals surface area contributed by atoms with E-state index < -0.39 is 29.5 Å². The van der Waals surface area contributed by atoms with E-state index in [9.17, 15) is 15.2 Å². The van der Waals surface area contributed by atoms with Crippen molar-refractivity contribution in [2.75, 3.05) is 0 Å². The van der Waals surface area contributed by atoms with Crippen molar-refractivity contribution in [3.63, 3.8) is 0 Å². The predicted molar refractivity (Wildman–Crippen MR) is 97.7 cm³/mol. The van der Waals surface area contributed by atoms with Crippen molar-refractivity contribution in [2.24, 2.45) is 11.7 Å². The SMILES string of the molecule is N#CC(C(N)=S)C(C1=C(O)OC2(CCCCC2)OC1=O)c1ccccc1. The second kappa shape index (κ2) is 7.34. The molecule has 26 heavy (non-hydrogen) atoms. The molecule has 2 unspecified atom stereocenters. The molecule has 1 aromatic rings. The van der Waals surface area contributed by atoms with Crippen molar-refractivity contribution in [1.82, 2.24) is 0 Å². The van der Waals surface area contributed by atoms with Gasteiger partial charge in [0.2, 0.25) is 0 Å². The molecule has 2 aliphatic rings. The van der Waals surface area contributed by atoms with Crippen molar-refractivity contribution >= 4 is 23.2 Å². The van der Waals surface area contributed by atoms with E-state index in [0.717, 1.165) is 19.3 Å². The maximum Gasteiger partial charge on any atom is 0.345 e. The van der Waals surface area contributed by atoms with E-state index >= 15 is 0 Å². The topological polar surface area (TPSA) is 106 Å². The number of benzene rings is 1. The third kappa shape index (κ3) is 3.37. The van der Waals surface area contributed by atoms with Gasteiger partial charge in [0.15, 0.2) is 0 Å². The van der Waals surface area contributed by atoms with E-state index in [2.05, 4.69) is 0 Å². The average Bonchev–Trinajstić information content (AvgIpc) is 2.61. The fourth-order valence-electron chi connectivity index (χ4n) is 3.61. The summed E-state index contributed by atoms with van der Waals surface area (Å²) < 4.78 is 11.3. The number of nitriles is 1. The number of nitrogens with zero attached hydrogens (tertiary/aromatic N) is 1. The van der Waals surface area contributed by atoms with Crippen LogP contribution >= 0.6 is 12.2 Å². The number of ether oxygens (including phenoxy) is 2. The number of aliphatic hydroxyl groups excluding tert-OH is 1. The number of thiocarbonyl (C=S) groups is 1. The Labute approximate surface area is 157 Å². The fourth-order valence-corrected chi connectivity index (χ4v) is 3.80. The molecule has 2 atom stereocenters. The van der Waals surface area contributed by atoms with Gasteiger partial charge in [0.05, 0.1) is 11.1 Å². The largest absolute Gasteiger partial charge is 0.480 e. The normalized spacial score (nSPS) is 21.3. The Balaban J connectivity index is 2.06. The van der Waals surface area contributed by atoms with E-state index in [1.165, 1.54) is 0 Å². The molecule has 6 nitrogen and oxygen atoms in total. The second-order valence-electron chi connectivity index (χ2n) is 6.58. The van der Waals surface area contributed by atoms with Crippen LogP contribution in [0.2, 0.25) is 0 Å². The predicted octanol–water partition coefficient (Wildman–Crippen LogP) is 3.20. The quantitative estimate of drug-likeness (QED) is 0.617. The highest BCUT2D eigenvalue weighted by atomic mass is 32.1. The van der Waals surface area contributed by atoms with E-state index in [1.54, 1.807) is 24.3 Å².